The van der Waals surface area contributed by atoms with E-state index >= 15 is 0 Å². The molecule has 0 radical (unpaired) electrons. The molecule has 3 aliphatic rings. The number of anilines is 1. The Morgan fingerprint density at radius 2 is 2.08 bits per heavy atom. The minimum Gasteiger partial charge on any atom is -0.444 e. The van der Waals surface area contributed by atoms with Crippen molar-refractivity contribution in [3.8, 4) is 0 Å². The number of amides is 1. The van der Waals surface area contributed by atoms with E-state index in [1.807, 2.05) is 25.7 Å². The molecule has 6 nitrogen and oxygen atoms in total. The molecule has 0 saturated carbocycles. The van der Waals surface area contributed by atoms with Crippen LogP contribution in [0.2, 0.25) is 0 Å². The topological polar surface area (TPSA) is 54.9 Å². The molecule has 4 heterocycles. The highest BCUT2D eigenvalue weighted by atomic mass is 16.6. The van der Waals surface area contributed by atoms with Gasteiger partial charge in [0.2, 0.25) is 0 Å². The van der Waals surface area contributed by atoms with E-state index in [1.165, 1.54) is 11.1 Å². The van der Waals surface area contributed by atoms with Crippen molar-refractivity contribution in [2.24, 2.45) is 0 Å². The standard InChI is InChI=1S/C18H25N3O3/c1-11-7-20(17(22)24-18(2,3)4)8-14-6-12-5-13-9-23-10-15(13)19-16(12)21(11)14/h5,11,14H,6-10H2,1-4H3/t11-,14-/m1/s1. The highest BCUT2D eigenvalue weighted by Gasteiger charge is 2.42. The third-order valence-electron chi connectivity index (χ3n) is 4.88. The van der Waals surface area contributed by atoms with E-state index in [2.05, 4.69) is 17.9 Å². The average Bonchev–Trinajstić information content (AvgIpc) is 3.05. The van der Waals surface area contributed by atoms with Crippen molar-refractivity contribution in [1.82, 2.24) is 9.88 Å². The van der Waals surface area contributed by atoms with Gasteiger partial charge in [0.1, 0.15) is 11.4 Å². The lowest BCUT2D eigenvalue weighted by Crippen LogP contribution is -2.58. The first-order valence-electron chi connectivity index (χ1n) is 8.67. The fraction of sp³-hybridized carbons (Fsp3) is 0.667. The maximum Gasteiger partial charge on any atom is 0.410 e. The first-order valence-corrected chi connectivity index (χ1v) is 8.67. The molecular formula is C18H25N3O3. The highest BCUT2D eigenvalue weighted by Crippen LogP contribution is 2.37. The normalized spacial score (nSPS) is 25.3. The average molecular weight is 331 g/mol. The number of hydrogen-bond donors (Lipinski definition) is 0. The summed E-state index contributed by atoms with van der Waals surface area (Å²) < 4.78 is 11.1. The second-order valence-electron chi connectivity index (χ2n) is 8.07. The summed E-state index contributed by atoms with van der Waals surface area (Å²) in [5.74, 6) is 1.08. The van der Waals surface area contributed by atoms with E-state index < -0.39 is 5.60 Å². The number of nitrogens with zero attached hydrogens (tertiary/aromatic N) is 3. The number of ether oxygens (including phenoxy) is 2. The van der Waals surface area contributed by atoms with Crippen LogP contribution in [-0.4, -0.2) is 46.8 Å². The van der Waals surface area contributed by atoms with Crippen LogP contribution in [0.4, 0.5) is 10.6 Å². The van der Waals surface area contributed by atoms with Crippen LogP contribution < -0.4 is 4.90 Å². The van der Waals surface area contributed by atoms with Crippen LogP contribution in [0, 0.1) is 0 Å². The molecule has 6 heteroatoms. The molecule has 0 aliphatic carbocycles. The molecule has 1 aromatic rings. The molecule has 0 N–H and O–H groups in total. The number of carbonyl (C=O) groups excluding carboxylic acids is 1. The van der Waals surface area contributed by atoms with Gasteiger partial charge < -0.3 is 19.3 Å². The third-order valence-corrected chi connectivity index (χ3v) is 4.88. The van der Waals surface area contributed by atoms with Crippen LogP contribution in [0.3, 0.4) is 0 Å². The van der Waals surface area contributed by atoms with Gasteiger partial charge in [-0.2, -0.15) is 0 Å². The number of pyridine rings is 1. The molecule has 2 atom stereocenters. The monoisotopic (exact) mass is 331 g/mol. The van der Waals surface area contributed by atoms with Crippen LogP contribution >= 0.6 is 0 Å². The zero-order valence-corrected chi connectivity index (χ0v) is 14.8. The van der Waals surface area contributed by atoms with Gasteiger partial charge in [-0.3, -0.25) is 0 Å². The van der Waals surface area contributed by atoms with Gasteiger partial charge in [0.15, 0.2) is 0 Å². The van der Waals surface area contributed by atoms with Gasteiger partial charge in [0, 0.05) is 24.7 Å². The van der Waals surface area contributed by atoms with Gasteiger partial charge >= 0.3 is 6.09 Å². The fourth-order valence-electron chi connectivity index (χ4n) is 3.97. The van der Waals surface area contributed by atoms with Crippen molar-refractivity contribution in [2.45, 2.75) is 65.0 Å². The molecule has 1 aromatic heterocycles. The predicted molar refractivity (Wildman–Crippen MR) is 90.0 cm³/mol. The summed E-state index contributed by atoms with van der Waals surface area (Å²) in [6.07, 6.45) is 0.716. The zero-order chi connectivity index (χ0) is 17.1. The second kappa shape index (κ2) is 5.34. The molecule has 0 unspecified atom stereocenters. The Morgan fingerprint density at radius 3 is 2.83 bits per heavy atom. The summed E-state index contributed by atoms with van der Waals surface area (Å²) >= 11 is 0. The Morgan fingerprint density at radius 1 is 1.29 bits per heavy atom. The third kappa shape index (κ3) is 2.62. The van der Waals surface area contributed by atoms with E-state index in [-0.39, 0.29) is 18.2 Å². The summed E-state index contributed by atoms with van der Waals surface area (Å²) in [7, 11) is 0. The maximum absolute atomic E-state index is 12.4. The van der Waals surface area contributed by atoms with Gasteiger partial charge in [-0.05, 0) is 45.7 Å². The molecular weight excluding hydrogens is 306 g/mol. The first-order chi connectivity index (χ1) is 11.3. The molecule has 0 bridgehead atoms. The molecule has 3 aliphatic heterocycles. The van der Waals surface area contributed by atoms with Crippen LogP contribution in [0.25, 0.3) is 0 Å². The first kappa shape index (κ1) is 15.7. The van der Waals surface area contributed by atoms with Crippen LogP contribution in [0.1, 0.15) is 44.5 Å². The van der Waals surface area contributed by atoms with Crippen LogP contribution in [-0.2, 0) is 29.1 Å². The minimum absolute atomic E-state index is 0.214. The lowest BCUT2D eigenvalue weighted by molar-refractivity contribution is 0.0191. The molecule has 0 aromatic carbocycles. The van der Waals surface area contributed by atoms with Crippen molar-refractivity contribution in [2.75, 3.05) is 18.0 Å². The van der Waals surface area contributed by atoms with E-state index in [1.54, 1.807) is 0 Å². The lowest BCUT2D eigenvalue weighted by atomic mass is 10.1. The van der Waals surface area contributed by atoms with E-state index in [0.29, 0.717) is 26.3 Å². The Bertz CT molecular complexity index is 683. The number of fused-ring (bicyclic) bond motifs is 4. The van der Waals surface area contributed by atoms with E-state index in [4.69, 9.17) is 14.5 Å². The highest BCUT2D eigenvalue weighted by molar-refractivity contribution is 5.69. The number of hydrogen-bond acceptors (Lipinski definition) is 5. The van der Waals surface area contributed by atoms with Crippen molar-refractivity contribution >= 4 is 11.9 Å². The molecule has 0 spiro atoms. The maximum atomic E-state index is 12.4. The van der Waals surface area contributed by atoms with Crippen molar-refractivity contribution in [3.05, 3.63) is 22.9 Å². The fourth-order valence-corrected chi connectivity index (χ4v) is 3.97. The van der Waals surface area contributed by atoms with Crippen LogP contribution in [0.5, 0.6) is 0 Å². The molecule has 1 saturated heterocycles. The quantitative estimate of drug-likeness (QED) is 0.731. The number of carbonyl (C=O) groups is 1. The Labute approximate surface area is 142 Å². The minimum atomic E-state index is -0.460. The van der Waals surface area contributed by atoms with E-state index in [0.717, 1.165) is 17.9 Å². The lowest BCUT2D eigenvalue weighted by Gasteiger charge is -2.43. The Balaban J connectivity index is 1.55. The molecule has 4 rings (SSSR count). The van der Waals surface area contributed by atoms with Gasteiger partial charge in [-0.1, -0.05) is 0 Å². The summed E-state index contributed by atoms with van der Waals surface area (Å²) in [6.45, 7) is 10.5. The SMILES string of the molecule is C[C@@H]1CN(C(=O)OC(C)(C)C)C[C@H]2Cc3cc4c(nc3N21)COC4. The van der Waals surface area contributed by atoms with Gasteiger partial charge in [-0.25, -0.2) is 9.78 Å². The number of piperazine rings is 1. The smallest absolute Gasteiger partial charge is 0.410 e. The predicted octanol–water partition coefficient (Wildman–Crippen LogP) is 2.48. The molecule has 130 valence electrons. The second-order valence-corrected chi connectivity index (χ2v) is 8.07. The van der Waals surface area contributed by atoms with Gasteiger partial charge in [0.25, 0.3) is 0 Å². The summed E-state index contributed by atoms with van der Waals surface area (Å²) in [5.41, 5.74) is 3.10. The number of rotatable bonds is 0. The molecule has 24 heavy (non-hydrogen) atoms. The summed E-state index contributed by atoms with van der Waals surface area (Å²) in [5, 5.41) is 0. The van der Waals surface area contributed by atoms with Crippen molar-refractivity contribution < 1.29 is 14.3 Å². The summed E-state index contributed by atoms with van der Waals surface area (Å²) in [6, 6.07) is 2.76. The zero-order valence-electron chi connectivity index (χ0n) is 14.8. The van der Waals surface area contributed by atoms with Crippen molar-refractivity contribution in [3.63, 3.8) is 0 Å². The Kier molecular flexibility index (Phi) is 3.49. The van der Waals surface area contributed by atoms with Gasteiger partial charge in [-0.15, -0.1) is 0 Å². The Hall–Kier alpha value is -1.82. The largest absolute Gasteiger partial charge is 0.444 e. The molecule has 1 fully saturated rings. The van der Waals surface area contributed by atoms with E-state index in [9.17, 15) is 4.79 Å². The molecule has 1 amide bonds. The van der Waals surface area contributed by atoms with Crippen molar-refractivity contribution in [1.29, 1.82) is 0 Å². The summed E-state index contributed by atoms with van der Waals surface area (Å²) in [4.78, 5) is 21.5. The van der Waals surface area contributed by atoms with Crippen LogP contribution in [0.15, 0.2) is 6.07 Å². The van der Waals surface area contributed by atoms with Gasteiger partial charge in [0.05, 0.1) is 24.9 Å². The number of aromatic nitrogens is 1.